The van der Waals surface area contributed by atoms with Crippen LogP contribution in [-0.4, -0.2) is 10.0 Å². The molecule has 2 aromatic rings. The third kappa shape index (κ3) is 3.32. The molecule has 0 heterocycles. The van der Waals surface area contributed by atoms with Crippen LogP contribution in [-0.2, 0) is 0 Å². The zero-order valence-electron chi connectivity index (χ0n) is 11.5. The fourth-order valence-corrected chi connectivity index (χ4v) is 2.15. The van der Waals surface area contributed by atoms with E-state index in [9.17, 15) is 15.2 Å². The van der Waals surface area contributed by atoms with Crippen molar-refractivity contribution in [3.8, 4) is 11.5 Å². The Morgan fingerprint density at radius 3 is 2.57 bits per heavy atom. The fourth-order valence-electron chi connectivity index (χ4n) is 1.93. The van der Waals surface area contributed by atoms with Crippen molar-refractivity contribution in [2.45, 2.75) is 20.0 Å². The molecule has 0 aliphatic carbocycles. The number of halogens is 1. The van der Waals surface area contributed by atoms with E-state index in [4.69, 9.17) is 16.3 Å². The molecule has 0 radical (unpaired) electrons. The largest absolute Gasteiger partial charge is 0.449 e. The van der Waals surface area contributed by atoms with E-state index in [1.165, 1.54) is 6.07 Å². The standard InChI is InChI=1S/C15H14ClNO4/c1-9-4-3-5-14(15(9)17(19)20)21-13-7-6-11(10(2)18)8-12(13)16/h3-8,10,18H,1-2H3/t10-/m1/s1. The average molecular weight is 308 g/mol. The molecule has 0 bridgehead atoms. The van der Waals surface area contributed by atoms with Crippen LogP contribution in [0.1, 0.15) is 24.2 Å². The molecule has 21 heavy (non-hydrogen) atoms. The molecule has 6 heteroatoms. The number of nitro groups is 1. The first-order chi connectivity index (χ1) is 9.90. The number of para-hydroxylation sites is 1. The molecule has 0 aromatic heterocycles. The number of benzene rings is 2. The van der Waals surface area contributed by atoms with Gasteiger partial charge in [0.05, 0.1) is 16.0 Å². The molecule has 0 unspecified atom stereocenters. The van der Waals surface area contributed by atoms with Gasteiger partial charge in [-0.2, -0.15) is 0 Å². The monoisotopic (exact) mass is 307 g/mol. The Morgan fingerprint density at radius 1 is 1.29 bits per heavy atom. The molecule has 1 atom stereocenters. The van der Waals surface area contributed by atoms with Crippen LogP contribution < -0.4 is 4.74 Å². The number of hydrogen-bond acceptors (Lipinski definition) is 4. The van der Waals surface area contributed by atoms with Crippen molar-refractivity contribution in [1.82, 2.24) is 0 Å². The lowest BCUT2D eigenvalue weighted by atomic mass is 10.1. The SMILES string of the molecule is Cc1cccc(Oc2ccc([C@@H](C)O)cc2Cl)c1[N+](=O)[O-]. The minimum absolute atomic E-state index is 0.0897. The summed E-state index contributed by atoms with van der Waals surface area (Å²) in [6, 6.07) is 9.65. The maximum absolute atomic E-state index is 11.1. The molecule has 5 nitrogen and oxygen atoms in total. The van der Waals surface area contributed by atoms with Crippen molar-refractivity contribution >= 4 is 17.3 Å². The second-order valence-corrected chi connectivity index (χ2v) is 5.05. The zero-order valence-corrected chi connectivity index (χ0v) is 12.3. The summed E-state index contributed by atoms with van der Waals surface area (Å²) in [6.07, 6.45) is -0.648. The van der Waals surface area contributed by atoms with Crippen LogP contribution in [0.2, 0.25) is 5.02 Å². The lowest BCUT2D eigenvalue weighted by molar-refractivity contribution is -0.386. The van der Waals surface area contributed by atoms with Crippen LogP contribution in [0.15, 0.2) is 36.4 Å². The van der Waals surface area contributed by atoms with Crippen molar-refractivity contribution in [1.29, 1.82) is 0 Å². The molecular formula is C15H14ClNO4. The number of hydrogen-bond donors (Lipinski definition) is 1. The number of aliphatic hydroxyl groups is 1. The van der Waals surface area contributed by atoms with E-state index in [0.29, 0.717) is 16.9 Å². The predicted molar refractivity (Wildman–Crippen MR) is 80.0 cm³/mol. The summed E-state index contributed by atoms with van der Waals surface area (Å²) in [7, 11) is 0. The van der Waals surface area contributed by atoms with E-state index >= 15 is 0 Å². The molecule has 0 aliphatic rings. The molecule has 0 spiro atoms. The Bertz CT molecular complexity index is 685. The van der Waals surface area contributed by atoms with Gasteiger partial charge in [-0.3, -0.25) is 10.1 Å². The van der Waals surface area contributed by atoms with Crippen LogP contribution in [0.3, 0.4) is 0 Å². The molecule has 0 saturated carbocycles. The highest BCUT2D eigenvalue weighted by Crippen LogP contribution is 2.37. The van der Waals surface area contributed by atoms with Crippen LogP contribution >= 0.6 is 11.6 Å². The van der Waals surface area contributed by atoms with Gasteiger partial charge in [0.25, 0.3) is 0 Å². The molecule has 1 N–H and O–H groups in total. The van der Waals surface area contributed by atoms with E-state index in [1.807, 2.05) is 0 Å². The molecular weight excluding hydrogens is 294 g/mol. The smallest absolute Gasteiger partial charge is 0.314 e. The predicted octanol–water partition coefficient (Wildman–Crippen LogP) is 4.40. The second kappa shape index (κ2) is 6.11. The maximum Gasteiger partial charge on any atom is 0.314 e. The van der Waals surface area contributed by atoms with Crippen molar-refractivity contribution in [3.63, 3.8) is 0 Å². The van der Waals surface area contributed by atoms with Crippen LogP contribution in [0.25, 0.3) is 0 Å². The van der Waals surface area contributed by atoms with Crippen molar-refractivity contribution in [2.24, 2.45) is 0 Å². The number of rotatable bonds is 4. The molecule has 110 valence electrons. The van der Waals surface area contributed by atoms with Gasteiger partial charge in [-0.1, -0.05) is 29.8 Å². The third-order valence-corrected chi connectivity index (χ3v) is 3.34. The van der Waals surface area contributed by atoms with Gasteiger partial charge >= 0.3 is 5.69 Å². The highest BCUT2D eigenvalue weighted by Gasteiger charge is 2.19. The average Bonchev–Trinajstić information content (AvgIpc) is 2.40. The normalized spacial score (nSPS) is 12.0. The molecule has 2 rings (SSSR count). The van der Waals surface area contributed by atoms with E-state index in [1.54, 1.807) is 44.2 Å². The van der Waals surface area contributed by atoms with Gasteiger partial charge in [0.2, 0.25) is 5.75 Å². The first kappa shape index (κ1) is 15.3. The summed E-state index contributed by atoms with van der Waals surface area (Å²) in [6.45, 7) is 3.26. The van der Waals surface area contributed by atoms with E-state index in [-0.39, 0.29) is 16.5 Å². The summed E-state index contributed by atoms with van der Waals surface area (Å²) in [4.78, 5) is 10.6. The minimum Gasteiger partial charge on any atom is -0.449 e. The summed E-state index contributed by atoms with van der Waals surface area (Å²) >= 11 is 6.09. The Labute approximate surface area is 126 Å². The highest BCUT2D eigenvalue weighted by atomic mass is 35.5. The number of aryl methyl sites for hydroxylation is 1. The van der Waals surface area contributed by atoms with Crippen molar-refractivity contribution in [2.75, 3.05) is 0 Å². The molecule has 0 aliphatic heterocycles. The first-order valence-electron chi connectivity index (χ1n) is 6.29. The summed E-state index contributed by atoms with van der Waals surface area (Å²) < 4.78 is 5.56. The second-order valence-electron chi connectivity index (χ2n) is 4.65. The lowest BCUT2D eigenvalue weighted by Crippen LogP contribution is -1.97. The highest BCUT2D eigenvalue weighted by molar-refractivity contribution is 6.32. The van der Waals surface area contributed by atoms with Gasteiger partial charge in [0.1, 0.15) is 5.75 Å². The lowest BCUT2D eigenvalue weighted by Gasteiger charge is -2.11. The number of nitro benzene ring substituents is 1. The first-order valence-corrected chi connectivity index (χ1v) is 6.67. The summed E-state index contributed by atoms with van der Waals surface area (Å²) in [5, 5.41) is 20.9. The van der Waals surface area contributed by atoms with E-state index < -0.39 is 11.0 Å². The van der Waals surface area contributed by atoms with Gasteiger partial charge in [0.15, 0.2) is 0 Å². The molecule has 2 aromatic carbocycles. The summed E-state index contributed by atoms with van der Waals surface area (Å²) in [5.74, 6) is 0.432. The van der Waals surface area contributed by atoms with Gasteiger partial charge in [0, 0.05) is 5.56 Å². The summed E-state index contributed by atoms with van der Waals surface area (Å²) in [5.41, 5.74) is 1.06. The Morgan fingerprint density at radius 2 is 2.00 bits per heavy atom. The molecule has 0 amide bonds. The maximum atomic E-state index is 11.1. The van der Waals surface area contributed by atoms with E-state index in [0.717, 1.165) is 0 Å². The van der Waals surface area contributed by atoms with Gasteiger partial charge in [-0.05, 0) is 37.6 Å². The molecule has 0 fully saturated rings. The van der Waals surface area contributed by atoms with Crippen LogP contribution in [0.5, 0.6) is 11.5 Å². The van der Waals surface area contributed by atoms with Crippen LogP contribution in [0, 0.1) is 17.0 Å². The Kier molecular flexibility index (Phi) is 4.45. The van der Waals surface area contributed by atoms with Gasteiger partial charge in [-0.25, -0.2) is 0 Å². The minimum atomic E-state index is -0.648. The van der Waals surface area contributed by atoms with Crippen molar-refractivity contribution in [3.05, 3.63) is 62.7 Å². The topological polar surface area (TPSA) is 72.6 Å². The molecule has 0 saturated heterocycles. The Hall–Kier alpha value is -2.11. The van der Waals surface area contributed by atoms with E-state index in [2.05, 4.69) is 0 Å². The number of nitrogens with zero attached hydrogens (tertiary/aromatic N) is 1. The zero-order chi connectivity index (χ0) is 15.6. The quantitative estimate of drug-likeness (QED) is 0.671. The number of aliphatic hydroxyl groups excluding tert-OH is 1. The van der Waals surface area contributed by atoms with Gasteiger partial charge in [-0.15, -0.1) is 0 Å². The third-order valence-electron chi connectivity index (χ3n) is 3.04. The number of ether oxygens (including phenoxy) is 1. The Balaban J connectivity index is 2.39. The van der Waals surface area contributed by atoms with Crippen molar-refractivity contribution < 1.29 is 14.8 Å². The fraction of sp³-hybridized carbons (Fsp3) is 0.200. The van der Waals surface area contributed by atoms with Gasteiger partial charge < -0.3 is 9.84 Å². The van der Waals surface area contributed by atoms with Crippen LogP contribution in [0.4, 0.5) is 5.69 Å².